The van der Waals surface area contributed by atoms with Crippen LogP contribution in [0.25, 0.3) is 0 Å². The average molecular weight is 247 g/mol. The maximum Gasteiger partial charge on any atom is 0.234 e. The van der Waals surface area contributed by atoms with Crippen LogP contribution in [0.4, 0.5) is 0 Å². The highest BCUT2D eigenvalue weighted by Crippen LogP contribution is 2.21. The Morgan fingerprint density at radius 1 is 1.39 bits per heavy atom. The Hall–Kier alpha value is -1.42. The normalized spacial score (nSPS) is 17.6. The van der Waals surface area contributed by atoms with Gasteiger partial charge in [0, 0.05) is 25.8 Å². The average Bonchev–Trinajstić information content (AvgIpc) is 2.28. The Bertz CT molecular complexity index is 420. The lowest BCUT2D eigenvalue weighted by atomic mass is 9.88. The van der Waals surface area contributed by atoms with E-state index in [4.69, 9.17) is 0 Å². The Kier molecular flexibility index (Phi) is 3.66. The van der Waals surface area contributed by atoms with Crippen molar-refractivity contribution in [2.75, 3.05) is 19.6 Å². The van der Waals surface area contributed by atoms with E-state index < -0.39 is 0 Å². The van der Waals surface area contributed by atoms with E-state index in [1.54, 1.807) is 0 Å². The van der Waals surface area contributed by atoms with Crippen LogP contribution >= 0.6 is 0 Å². The first-order valence-electron chi connectivity index (χ1n) is 6.39. The number of piperazine rings is 1. The number of nitrogens with zero attached hydrogens (tertiary/aromatic N) is 2. The summed E-state index contributed by atoms with van der Waals surface area (Å²) in [4.78, 5) is 17.9. The zero-order chi connectivity index (χ0) is 13.2. The van der Waals surface area contributed by atoms with Gasteiger partial charge in [0.05, 0.1) is 12.2 Å². The molecule has 1 amide bonds. The number of hydrogen-bond acceptors (Lipinski definition) is 3. The predicted molar refractivity (Wildman–Crippen MR) is 71.2 cm³/mol. The molecule has 0 aliphatic carbocycles. The molecule has 1 saturated heterocycles. The molecule has 4 nitrogen and oxygen atoms in total. The van der Waals surface area contributed by atoms with Crippen LogP contribution in [-0.2, 0) is 16.8 Å². The van der Waals surface area contributed by atoms with Crippen molar-refractivity contribution in [1.82, 2.24) is 15.2 Å². The molecule has 1 aliphatic rings. The topological polar surface area (TPSA) is 45.2 Å². The predicted octanol–water partition coefficient (Wildman–Crippen LogP) is 1.31. The third kappa shape index (κ3) is 3.29. The van der Waals surface area contributed by atoms with Gasteiger partial charge >= 0.3 is 0 Å². The van der Waals surface area contributed by atoms with Gasteiger partial charge in [0.2, 0.25) is 5.91 Å². The number of carbonyl (C=O) groups excluding carboxylic acids is 1. The molecule has 98 valence electrons. The maximum atomic E-state index is 11.3. The molecular weight excluding hydrogens is 226 g/mol. The van der Waals surface area contributed by atoms with Crippen molar-refractivity contribution in [2.24, 2.45) is 0 Å². The van der Waals surface area contributed by atoms with Gasteiger partial charge in [0.1, 0.15) is 0 Å². The van der Waals surface area contributed by atoms with E-state index in [0.717, 1.165) is 25.3 Å². The van der Waals surface area contributed by atoms with E-state index in [9.17, 15) is 4.79 Å². The molecule has 2 heterocycles. The van der Waals surface area contributed by atoms with Gasteiger partial charge in [0.25, 0.3) is 0 Å². The zero-order valence-corrected chi connectivity index (χ0v) is 11.4. The van der Waals surface area contributed by atoms with Crippen molar-refractivity contribution < 1.29 is 4.79 Å². The molecule has 0 atom stereocenters. The van der Waals surface area contributed by atoms with Gasteiger partial charge in [-0.15, -0.1) is 0 Å². The van der Waals surface area contributed by atoms with Crippen LogP contribution in [0.15, 0.2) is 18.3 Å². The van der Waals surface area contributed by atoms with E-state index in [1.807, 2.05) is 6.20 Å². The molecule has 0 aromatic carbocycles. The van der Waals surface area contributed by atoms with E-state index in [-0.39, 0.29) is 11.3 Å². The van der Waals surface area contributed by atoms with E-state index >= 15 is 0 Å². The van der Waals surface area contributed by atoms with E-state index in [0.29, 0.717) is 6.54 Å². The fourth-order valence-corrected chi connectivity index (χ4v) is 2.02. The highest BCUT2D eigenvalue weighted by molar-refractivity contribution is 5.78. The molecule has 18 heavy (non-hydrogen) atoms. The standard InChI is InChI=1S/C14H21N3O/c1-14(2,3)11-4-5-12(16-8-11)9-17-7-6-15-13(18)10-17/h4-5,8H,6-7,9-10H2,1-3H3,(H,15,18). The summed E-state index contributed by atoms with van der Waals surface area (Å²) < 4.78 is 0. The lowest BCUT2D eigenvalue weighted by Gasteiger charge is -2.26. The van der Waals surface area contributed by atoms with Crippen LogP contribution in [0.1, 0.15) is 32.0 Å². The number of nitrogens with one attached hydrogen (secondary N) is 1. The SMILES string of the molecule is CC(C)(C)c1ccc(CN2CCNC(=O)C2)nc1. The number of carbonyl (C=O) groups is 1. The first-order chi connectivity index (χ1) is 8.45. The van der Waals surface area contributed by atoms with Crippen molar-refractivity contribution >= 4 is 5.91 Å². The fraction of sp³-hybridized carbons (Fsp3) is 0.571. The number of aromatic nitrogens is 1. The van der Waals surface area contributed by atoms with Crippen LogP contribution in [0, 0.1) is 0 Å². The Labute approximate surface area is 108 Å². The minimum absolute atomic E-state index is 0.104. The van der Waals surface area contributed by atoms with Gasteiger partial charge in [-0.1, -0.05) is 26.8 Å². The summed E-state index contributed by atoms with van der Waals surface area (Å²) in [6.45, 7) is 9.39. The van der Waals surface area contributed by atoms with Crippen LogP contribution in [0.5, 0.6) is 0 Å². The third-order valence-corrected chi connectivity index (χ3v) is 3.19. The lowest BCUT2D eigenvalue weighted by molar-refractivity contribution is -0.124. The van der Waals surface area contributed by atoms with Gasteiger partial charge in [-0.05, 0) is 17.0 Å². The molecule has 0 bridgehead atoms. The number of hydrogen-bond donors (Lipinski definition) is 1. The summed E-state index contributed by atoms with van der Waals surface area (Å²) in [6, 6.07) is 4.19. The zero-order valence-electron chi connectivity index (χ0n) is 11.4. The Balaban J connectivity index is 2.00. The summed E-state index contributed by atoms with van der Waals surface area (Å²) in [5.74, 6) is 0.104. The second kappa shape index (κ2) is 5.06. The lowest BCUT2D eigenvalue weighted by Crippen LogP contribution is -2.47. The van der Waals surface area contributed by atoms with Crippen LogP contribution in [0.3, 0.4) is 0 Å². The summed E-state index contributed by atoms with van der Waals surface area (Å²) in [5.41, 5.74) is 2.40. The molecular formula is C14H21N3O. The molecule has 4 heteroatoms. The van der Waals surface area contributed by atoms with Gasteiger partial charge in [-0.25, -0.2) is 0 Å². The maximum absolute atomic E-state index is 11.3. The fourth-order valence-electron chi connectivity index (χ4n) is 2.02. The molecule has 1 fully saturated rings. The molecule has 2 rings (SSSR count). The van der Waals surface area contributed by atoms with Crippen LogP contribution < -0.4 is 5.32 Å². The molecule has 1 N–H and O–H groups in total. The summed E-state index contributed by atoms with van der Waals surface area (Å²) in [7, 11) is 0. The smallest absolute Gasteiger partial charge is 0.234 e. The quantitative estimate of drug-likeness (QED) is 0.857. The molecule has 0 spiro atoms. The highest BCUT2D eigenvalue weighted by atomic mass is 16.2. The summed E-state index contributed by atoms with van der Waals surface area (Å²) in [5, 5.41) is 2.83. The molecule has 1 aromatic rings. The van der Waals surface area contributed by atoms with Gasteiger partial charge in [0.15, 0.2) is 0 Å². The second-order valence-electron chi connectivity index (χ2n) is 5.85. The summed E-state index contributed by atoms with van der Waals surface area (Å²) in [6.07, 6.45) is 1.94. The number of amides is 1. The summed E-state index contributed by atoms with van der Waals surface area (Å²) >= 11 is 0. The van der Waals surface area contributed by atoms with E-state index in [2.05, 4.69) is 48.1 Å². The molecule has 1 aliphatic heterocycles. The number of pyridine rings is 1. The first-order valence-corrected chi connectivity index (χ1v) is 6.39. The van der Waals surface area contributed by atoms with Crippen molar-refractivity contribution in [2.45, 2.75) is 32.7 Å². The van der Waals surface area contributed by atoms with Crippen molar-refractivity contribution in [3.05, 3.63) is 29.6 Å². The highest BCUT2D eigenvalue weighted by Gasteiger charge is 2.17. The van der Waals surface area contributed by atoms with Crippen LogP contribution in [-0.4, -0.2) is 35.4 Å². The molecule has 0 unspecified atom stereocenters. The van der Waals surface area contributed by atoms with Gasteiger partial charge in [-0.2, -0.15) is 0 Å². The Morgan fingerprint density at radius 3 is 2.72 bits per heavy atom. The number of rotatable bonds is 2. The third-order valence-electron chi connectivity index (χ3n) is 3.19. The molecule has 1 aromatic heterocycles. The molecule has 0 radical (unpaired) electrons. The van der Waals surface area contributed by atoms with Crippen LogP contribution in [0.2, 0.25) is 0 Å². The second-order valence-corrected chi connectivity index (χ2v) is 5.85. The van der Waals surface area contributed by atoms with E-state index in [1.165, 1.54) is 5.56 Å². The van der Waals surface area contributed by atoms with Gasteiger partial charge < -0.3 is 5.32 Å². The first kappa shape index (κ1) is 13.0. The largest absolute Gasteiger partial charge is 0.354 e. The minimum Gasteiger partial charge on any atom is -0.354 e. The van der Waals surface area contributed by atoms with Crippen molar-refractivity contribution in [3.63, 3.8) is 0 Å². The minimum atomic E-state index is 0.104. The Morgan fingerprint density at radius 2 is 2.17 bits per heavy atom. The van der Waals surface area contributed by atoms with Crippen molar-refractivity contribution in [1.29, 1.82) is 0 Å². The van der Waals surface area contributed by atoms with Gasteiger partial charge in [-0.3, -0.25) is 14.7 Å². The van der Waals surface area contributed by atoms with Crippen molar-refractivity contribution in [3.8, 4) is 0 Å². The monoisotopic (exact) mass is 247 g/mol. The molecule has 0 saturated carbocycles.